The van der Waals surface area contributed by atoms with Crippen LogP contribution in [-0.2, 0) is 0 Å². The summed E-state index contributed by atoms with van der Waals surface area (Å²) in [5.41, 5.74) is 1.23. The molecule has 0 amide bonds. The Bertz CT molecular complexity index is 394. The van der Waals surface area contributed by atoms with Gasteiger partial charge in [0.2, 0.25) is 0 Å². The van der Waals surface area contributed by atoms with Gasteiger partial charge in [-0.1, -0.05) is 19.1 Å². The van der Waals surface area contributed by atoms with Crippen LogP contribution in [0.5, 0.6) is 5.75 Å². The highest BCUT2D eigenvalue weighted by molar-refractivity contribution is 5.27. The van der Waals surface area contributed by atoms with Crippen molar-refractivity contribution in [2.75, 3.05) is 13.2 Å². The molecular weight excluding hydrogens is 234 g/mol. The van der Waals surface area contributed by atoms with Crippen LogP contribution in [0.2, 0.25) is 0 Å². The van der Waals surface area contributed by atoms with E-state index in [2.05, 4.69) is 37.2 Å². The SMILES string of the molecule is C#CCCC(CCOc1cccc(C)c1)NCCC. The average molecular weight is 259 g/mol. The van der Waals surface area contributed by atoms with Crippen molar-refractivity contribution in [3.8, 4) is 18.1 Å². The predicted octanol–water partition coefficient (Wildman–Crippen LogP) is 3.55. The highest BCUT2D eigenvalue weighted by atomic mass is 16.5. The van der Waals surface area contributed by atoms with Crippen LogP contribution >= 0.6 is 0 Å². The van der Waals surface area contributed by atoms with Gasteiger partial charge in [-0.05, 0) is 50.4 Å². The summed E-state index contributed by atoms with van der Waals surface area (Å²) in [6, 6.07) is 8.63. The van der Waals surface area contributed by atoms with Crippen molar-refractivity contribution < 1.29 is 4.74 Å². The largest absolute Gasteiger partial charge is 0.494 e. The van der Waals surface area contributed by atoms with Crippen LogP contribution in [0, 0.1) is 19.3 Å². The molecule has 1 aromatic rings. The lowest BCUT2D eigenvalue weighted by Crippen LogP contribution is -2.31. The van der Waals surface area contributed by atoms with Gasteiger partial charge in [-0.3, -0.25) is 0 Å². The van der Waals surface area contributed by atoms with E-state index in [4.69, 9.17) is 11.2 Å². The maximum Gasteiger partial charge on any atom is 0.119 e. The third-order valence-corrected chi connectivity index (χ3v) is 3.04. The summed E-state index contributed by atoms with van der Waals surface area (Å²) in [5.74, 6) is 3.66. The van der Waals surface area contributed by atoms with Gasteiger partial charge < -0.3 is 10.1 Å². The van der Waals surface area contributed by atoms with Gasteiger partial charge in [0.25, 0.3) is 0 Å². The maximum atomic E-state index is 5.79. The zero-order valence-electron chi connectivity index (χ0n) is 12.1. The third-order valence-electron chi connectivity index (χ3n) is 3.04. The van der Waals surface area contributed by atoms with Crippen LogP contribution in [0.3, 0.4) is 0 Å². The Morgan fingerprint density at radius 1 is 1.37 bits per heavy atom. The zero-order valence-corrected chi connectivity index (χ0v) is 12.1. The van der Waals surface area contributed by atoms with Gasteiger partial charge in [0.15, 0.2) is 0 Å². The Labute approximate surface area is 117 Å². The second kappa shape index (κ2) is 9.47. The summed E-state index contributed by atoms with van der Waals surface area (Å²) in [6.07, 6.45) is 9.32. The molecular formula is C17H25NO. The first-order valence-corrected chi connectivity index (χ1v) is 7.12. The van der Waals surface area contributed by atoms with Gasteiger partial charge in [-0.25, -0.2) is 0 Å². The van der Waals surface area contributed by atoms with E-state index in [1.54, 1.807) is 0 Å². The molecule has 0 saturated carbocycles. The van der Waals surface area contributed by atoms with Gasteiger partial charge in [-0.2, -0.15) is 0 Å². The minimum absolute atomic E-state index is 0.459. The van der Waals surface area contributed by atoms with Crippen LogP contribution in [0.1, 0.15) is 38.2 Å². The van der Waals surface area contributed by atoms with Crippen LogP contribution < -0.4 is 10.1 Å². The Kier molecular flexibility index (Phi) is 7.77. The number of hydrogen-bond acceptors (Lipinski definition) is 2. The number of benzene rings is 1. The number of terminal acetylenes is 1. The fourth-order valence-electron chi connectivity index (χ4n) is 1.98. The third kappa shape index (κ3) is 6.88. The number of rotatable bonds is 9. The smallest absolute Gasteiger partial charge is 0.119 e. The minimum Gasteiger partial charge on any atom is -0.494 e. The lowest BCUT2D eigenvalue weighted by molar-refractivity contribution is 0.281. The molecule has 1 N–H and O–H groups in total. The van der Waals surface area contributed by atoms with Gasteiger partial charge in [0.05, 0.1) is 6.61 Å². The Morgan fingerprint density at radius 3 is 2.89 bits per heavy atom. The van der Waals surface area contributed by atoms with Crippen LogP contribution in [0.4, 0.5) is 0 Å². The quantitative estimate of drug-likeness (QED) is 0.685. The molecule has 0 aliphatic rings. The molecule has 0 radical (unpaired) electrons. The van der Waals surface area contributed by atoms with Crippen molar-refractivity contribution in [3.05, 3.63) is 29.8 Å². The summed E-state index contributed by atoms with van der Waals surface area (Å²) in [6.45, 7) is 6.02. The Hall–Kier alpha value is -1.46. The van der Waals surface area contributed by atoms with Crippen molar-refractivity contribution in [2.45, 2.75) is 45.6 Å². The lowest BCUT2D eigenvalue weighted by atomic mass is 10.1. The minimum atomic E-state index is 0.459. The molecule has 19 heavy (non-hydrogen) atoms. The standard InChI is InChI=1S/C17H25NO/c1-4-6-9-16(18-12-5-2)11-13-19-17-10-7-8-15(3)14-17/h1,7-8,10,14,16,18H,5-6,9,11-13H2,2-3H3. The zero-order chi connectivity index (χ0) is 13.9. The fourth-order valence-corrected chi connectivity index (χ4v) is 1.98. The summed E-state index contributed by atoms with van der Waals surface area (Å²) in [7, 11) is 0. The predicted molar refractivity (Wildman–Crippen MR) is 81.4 cm³/mol. The van der Waals surface area contributed by atoms with Crippen molar-refractivity contribution in [1.82, 2.24) is 5.32 Å². The van der Waals surface area contributed by atoms with E-state index < -0.39 is 0 Å². The topological polar surface area (TPSA) is 21.3 Å². The Balaban J connectivity index is 2.32. The van der Waals surface area contributed by atoms with E-state index in [0.717, 1.165) is 44.6 Å². The van der Waals surface area contributed by atoms with Crippen molar-refractivity contribution in [3.63, 3.8) is 0 Å². The first-order chi connectivity index (χ1) is 9.26. The molecule has 0 saturated heterocycles. The fraction of sp³-hybridized carbons (Fsp3) is 0.529. The van der Waals surface area contributed by atoms with E-state index >= 15 is 0 Å². The first-order valence-electron chi connectivity index (χ1n) is 7.12. The number of hydrogen-bond donors (Lipinski definition) is 1. The van der Waals surface area contributed by atoms with Gasteiger partial charge in [0.1, 0.15) is 5.75 Å². The van der Waals surface area contributed by atoms with Gasteiger partial charge in [0, 0.05) is 12.5 Å². The molecule has 0 heterocycles. The molecule has 1 rings (SSSR count). The molecule has 1 atom stereocenters. The van der Waals surface area contributed by atoms with E-state index in [0.29, 0.717) is 6.04 Å². The summed E-state index contributed by atoms with van der Waals surface area (Å²) < 4.78 is 5.79. The molecule has 0 fully saturated rings. The monoisotopic (exact) mass is 259 g/mol. The molecule has 0 aliphatic carbocycles. The molecule has 2 nitrogen and oxygen atoms in total. The van der Waals surface area contributed by atoms with Gasteiger partial charge >= 0.3 is 0 Å². The summed E-state index contributed by atoms with van der Waals surface area (Å²) >= 11 is 0. The second-order valence-electron chi connectivity index (χ2n) is 4.85. The van der Waals surface area contributed by atoms with E-state index in [9.17, 15) is 0 Å². The van der Waals surface area contributed by atoms with Crippen LogP contribution in [0.15, 0.2) is 24.3 Å². The highest BCUT2D eigenvalue weighted by Crippen LogP contribution is 2.13. The maximum absolute atomic E-state index is 5.79. The lowest BCUT2D eigenvalue weighted by Gasteiger charge is -2.17. The van der Waals surface area contributed by atoms with Crippen molar-refractivity contribution in [2.24, 2.45) is 0 Å². The Morgan fingerprint density at radius 2 is 2.21 bits per heavy atom. The van der Waals surface area contributed by atoms with E-state index in [1.807, 2.05) is 12.1 Å². The van der Waals surface area contributed by atoms with Crippen LogP contribution in [0.25, 0.3) is 0 Å². The highest BCUT2D eigenvalue weighted by Gasteiger charge is 2.07. The molecule has 0 aromatic heterocycles. The van der Waals surface area contributed by atoms with Gasteiger partial charge in [-0.15, -0.1) is 12.3 Å². The van der Waals surface area contributed by atoms with E-state index in [1.165, 1.54) is 5.56 Å². The van der Waals surface area contributed by atoms with E-state index in [-0.39, 0.29) is 0 Å². The molecule has 0 aliphatic heterocycles. The van der Waals surface area contributed by atoms with Crippen LogP contribution in [-0.4, -0.2) is 19.2 Å². The number of aryl methyl sites for hydroxylation is 1. The molecule has 0 bridgehead atoms. The molecule has 0 spiro atoms. The van der Waals surface area contributed by atoms with Crippen molar-refractivity contribution >= 4 is 0 Å². The normalized spacial score (nSPS) is 11.8. The number of nitrogens with one attached hydrogen (secondary N) is 1. The molecule has 1 unspecified atom stereocenters. The molecule has 104 valence electrons. The first kappa shape index (κ1) is 15.6. The summed E-state index contributed by atoms with van der Waals surface area (Å²) in [5, 5.41) is 3.53. The molecule has 2 heteroatoms. The second-order valence-corrected chi connectivity index (χ2v) is 4.85. The average Bonchev–Trinajstić information content (AvgIpc) is 2.41. The molecule has 1 aromatic carbocycles. The summed E-state index contributed by atoms with van der Waals surface area (Å²) in [4.78, 5) is 0. The van der Waals surface area contributed by atoms with Crippen molar-refractivity contribution in [1.29, 1.82) is 0 Å². The number of ether oxygens (including phenoxy) is 1.